The normalized spacial score (nSPS) is 19.7. The van der Waals surface area contributed by atoms with Gasteiger partial charge in [-0.1, -0.05) is 6.07 Å². The molecule has 10 nitrogen and oxygen atoms in total. The van der Waals surface area contributed by atoms with Crippen LogP contribution in [0.15, 0.2) is 39.5 Å². The Morgan fingerprint density at radius 2 is 1.69 bits per heavy atom. The number of ketones is 2. The molecule has 7 rings (SSSR count). The molecule has 0 spiro atoms. The highest BCUT2D eigenvalue weighted by atomic mass is 16.5. The standard InChI is InChI=1S/C29H21NO9/c1-29-11-13-8-12-4-5-14-21(19(12)25(33)20(13)28(35)30(29)6-7-38-29)26(34)22-23(31)15-9-17(36-2)18(37-3)10-16(15)39-27(22)24(14)32/h4-5,8-10,33H,6-7,11H2,1-3H3/t29-/m1/s1. The predicted molar refractivity (Wildman–Crippen MR) is 137 cm³/mol. The molecule has 3 aliphatic rings. The van der Waals surface area contributed by atoms with Crippen LogP contribution in [0.25, 0.3) is 21.7 Å². The minimum absolute atomic E-state index is 0.0290. The molecule has 1 saturated heterocycles. The second-order valence-corrected chi connectivity index (χ2v) is 10.00. The monoisotopic (exact) mass is 527 g/mol. The summed E-state index contributed by atoms with van der Waals surface area (Å²) in [6, 6.07) is 7.60. The van der Waals surface area contributed by atoms with E-state index < -0.39 is 45.7 Å². The molecule has 1 aromatic heterocycles. The first-order valence-electron chi connectivity index (χ1n) is 12.3. The number of aromatic hydroxyl groups is 1. The lowest BCUT2D eigenvalue weighted by molar-refractivity contribution is -0.0568. The molecule has 1 amide bonds. The van der Waals surface area contributed by atoms with Crippen LogP contribution < -0.4 is 14.9 Å². The van der Waals surface area contributed by atoms with Crippen molar-refractivity contribution in [2.75, 3.05) is 27.4 Å². The van der Waals surface area contributed by atoms with Crippen LogP contribution in [-0.2, 0) is 11.2 Å². The number of hydrogen-bond acceptors (Lipinski definition) is 9. The number of carbonyl (C=O) groups excluding carboxylic acids is 3. The maximum absolute atomic E-state index is 14.0. The van der Waals surface area contributed by atoms with Gasteiger partial charge in [-0.05, 0) is 36.1 Å². The second-order valence-electron chi connectivity index (χ2n) is 10.00. The van der Waals surface area contributed by atoms with Gasteiger partial charge in [0.15, 0.2) is 17.3 Å². The number of fused-ring (bicyclic) bond motifs is 7. The third kappa shape index (κ3) is 2.89. The average Bonchev–Trinajstić information content (AvgIpc) is 3.31. The molecule has 4 aromatic rings. The van der Waals surface area contributed by atoms with Crippen LogP contribution in [0.1, 0.15) is 54.9 Å². The van der Waals surface area contributed by atoms with Crippen molar-refractivity contribution in [2.24, 2.45) is 0 Å². The van der Waals surface area contributed by atoms with Gasteiger partial charge in [-0.15, -0.1) is 0 Å². The van der Waals surface area contributed by atoms with Crippen molar-refractivity contribution >= 4 is 39.2 Å². The Bertz CT molecular complexity index is 1900. The lowest BCUT2D eigenvalue weighted by Gasteiger charge is -2.39. The van der Waals surface area contributed by atoms with Gasteiger partial charge in [0.05, 0.1) is 31.8 Å². The Hall–Kier alpha value is -4.70. The van der Waals surface area contributed by atoms with Crippen molar-refractivity contribution in [3.63, 3.8) is 0 Å². The van der Waals surface area contributed by atoms with Crippen molar-refractivity contribution in [3.8, 4) is 17.2 Å². The molecule has 1 aliphatic carbocycles. The minimum Gasteiger partial charge on any atom is -0.506 e. The topological polar surface area (TPSA) is 133 Å². The van der Waals surface area contributed by atoms with Crippen LogP contribution in [-0.4, -0.2) is 60.6 Å². The third-order valence-corrected chi connectivity index (χ3v) is 7.94. The molecule has 1 atom stereocenters. The Balaban J connectivity index is 1.50. The molecule has 1 fully saturated rings. The van der Waals surface area contributed by atoms with Crippen molar-refractivity contribution in [1.82, 2.24) is 4.90 Å². The van der Waals surface area contributed by atoms with Gasteiger partial charge in [-0.2, -0.15) is 0 Å². The van der Waals surface area contributed by atoms with Crippen molar-refractivity contribution in [1.29, 1.82) is 0 Å². The number of benzene rings is 3. The molecule has 1 N–H and O–H groups in total. The Kier molecular flexibility index (Phi) is 4.61. The van der Waals surface area contributed by atoms with Crippen LogP contribution in [0.4, 0.5) is 0 Å². The van der Waals surface area contributed by atoms with E-state index in [0.717, 1.165) is 0 Å². The van der Waals surface area contributed by atoms with E-state index in [2.05, 4.69) is 0 Å². The van der Waals surface area contributed by atoms with Crippen LogP contribution in [0.5, 0.6) is 17.2 Å². The van der Waals surface area contributed by atoms with E-state index in [0.29, 0.717) is 30.5 Å². The fraction of sp³-hybridized carbons (Fsp3) is 0.241. The predicted octanol–water partition coefficient (Wildman–Crippen LogP) is 3.19. The van der Waals surface area contributed by atoms with E-state index in [9.17, 15) is 24.3 Å². The maximum Gasteiger partial charge on any atom is 0.260 e. The van der Waals surface area contributed by atoms with Gasteiger partial charge in [0, 0.05) is 35.5 Å². The molecular weight excluding hydrogens is 506 g/mol. The number of nitrogens with zero attached hydrogens (tertiary/aromatic N) is 1. The first-order chi connectivity index (χ1) is 18.7. The van der Waals surface area contributed by atoms with E-state index >= 15 is 0 Å². The van der Waals surface area contributed by atoms with E-state index in [-0.39, 0.29) is 44.5 Å². The summed E-state index contributed by atoms with van der Waals surface area (Å²) in [7, 11) is 2.83. The van der Waals surface area contributed by atoms with E-state index in [1.54, 1.807) is 17.0 Å². The number of ether oxygens (including phenoxy) is 3. The van der Waals surface area contributed by atoms with Crippen molar-refractivity contribution in [3.05, 3.63) is 74.1 Å². The molecule has 0 saturated carbocycles. The quantitative estimate of drug-likeness (QED) is 0.367. The van der Waals surface area contributed by atoms with Gasteiger partial charge >= 0.3 is 0 Å². The minimum atomic E-state index is -0.826. The van der Waals surface area contributed by atoms with Gasteiger partial charge < -0.3 is 28.6 Å². The Morgan fingerprint density at radius 3 is 2.44 bits per heavy atom. The highest BCUT2D eigenvalue weighted by Crippen LogP contribution is 2.45. The first-order valence-corrected chi connectivity index (χ1v) is 12.3. The summed E-state index contributed by atoms with van der Waals surface area (Å²) >= 11 is 0. The largest absolute Gasteiger partial charge is 0.506 e. The average molecular weight is 527 g/mol. The third-order valence-electron chi connectivity index (χ3n) is 7.94. The number of methoxy groups -OCH3 is 2. The van der Waals surface area contributed by atoms with Gasteiger partial charge in [-0.3, -0.25) is 19.2 Å². The SMILES string of the molecule is COc1cc2oc3c(c(=O)c2cc1OC)C(=O)c1c(ccc2cc4c(c(O)c12)C(=O)N1CCO[C@]1(C)C4)C3=O. The molecule has 3 heterocycles. The smallest absolute Gasteiger partial charge is 0.260 e. The van der Waals surface area contributed by atoms with E-state index in [1.165, 1.54) is 32.4 Å². The van der Waals surface area contributed by atoms with Crippen LogP contribution >= 0.6 is 0 Å². The molecule has 0 radical (unpaired) electrons. The van der Waals surface area contributed by atoms with Gasteiger partial charge in [0.25, 0.3) is 5.91 Å². The second kappa shape index (κ2) is 7.67. The highest BCUT2D eigenvalue weighted by molar-refractivity contribution is 6.32. The molecule has 0 bridgehead atoms. The summed E-state index contributed by atoms with van der Waals surface area (Å²) in [5.41, 5.74) is -1.46. The number of carbonyl (C=O) groups is 3. The van der Waals surface area contributed by atoms with Crippen LogP contribution in [0.3, 0.4) is 0 Å². The van der Waals surface area contributed by atoms with Gasteiger partial charge in [0.1, 0.15) is 22.6 Å². The molecule has 2 aliphatic heterocycles. The zero-order valence-electron chi connectivity index (χ0n) is 21.2. The Labute approximate surface area is 220 Å². The van der Waals surface area contributed by atoms with E-state index in [4.69, 9.17) is 18.6 Å². The zero-order chi connectivity index (χ0) is 27.4. The molecule has 10 heteroatoms. The van der Waals surface area contributed by atoms with Gasteiger partial charge in [0.2, 0.25) is 17.0 Å². The summed E-state index contributed by atoms with van der Waals surface area (Å²) < 4.78 is 22.2. The number of phenolic OH excluding ortho intramolecular Hbond substituents is 1. The van der Waals surface area contributed by atoms with Crippen molar-refractivity contribution in [2.45, 2.75) is 19.1 Å². The lowest BCUT2D eigenvalue weighted by atomic mass is 9.81. The summed E-state index contributed by atoms with van der Waals surface area (Å²) in [5.74, 6) is -2.14. The zero-order valence-corrected chi connectivity index (χ0v) is 21.2. The molecule has 39 heavy (non-hydrogen) atoms. The number of amides is 1. The summed E-state index contributed by atoms with van der Waals surface area (Å²) in [6.45, 7) is 2.56. The highest BCUT2D eigenvalue weighted by Gasteiger charge is 2.48. The molecular formula is C29H21NO9. The summed E-state index contributed by atoms with van der Waals surface area (Å²) in [5, 5.41) is 12.0. The summed E-state index contributed by atoms with van der Waals surface area (Å²) in [4.78, 5) is 56.2. The van der Waals surface area contributed by atoms with Crippen LogP contribution in [0.2, 0.25) is 0 Å². The molecule has 196 valence electrons. The number of rotatable bonds is 2. The molecule has 3 aromatic carbocycles. The number of hydrogen-bond donors (Lipinski definition) is 1. The van der Waals surface area contributed by atoms with Crippen molar-refractivity contribution < 1.29 is 38.1 Å². The fourth-order valence-corrected chi connectivity index (χ4v) is 6.09. The fourth-order valence-electron chi connectivity index (χ4n) is 6.09. The summed E-state index contributed by atoms with van der Waals surface area (Å²) in [6.07, 6.45) is 0.352. The molecule has 0 unspecified atom stereocenters. The Morgan fingerprint density at radius 1 is 0.949 bits per heavy atom. The maximum atomic E-state index is 14.0. The van der Waals surface area contributed by atoms with Gasteiger partial charge in [-0.25, -0.2) is 0 Å². The van der Waals surface area contributed by atoms with Crippen LogP contribution in [0, 0.1) is 0 Å². The lowest BCUT2D eigenvalue weighted by Crippen LogP contribution is -2.51. The first kappa shape index (κ1) is 23.4. The number of phenols is 1. The van der Waals surface area contributed by atoms with E-state index in [1.807, 2.05) is 6.92 Å².